The molecule has 3 aromatic carbocycles. The summed E-state index contributed by atoms with van der Waals surface area (Å²) >= 11 is 8.80. The number of carbonyl (C=O) groups is 13. The Hall–Kier alpha value is -11.7. The van der Waals surface area contributed by atoms with Crippen LogP contribution in [0.15, 0.2) is 72.9 Å². The van der Waals surface area contributed by atoms with E-state index in [-0.39, 0.29) is 102 Å². The van der Waals surface area contributed by atoms with Crippen LogP contribution in [0.5, 0.6) is 0 Å². The van der Waals surface area contributed by atoms with Crippen molar-refractivity contribution in [2.24, 2.45) is 34.1 Å². The van der Waals surface area contributed by atoms with Gasteiger partial charge < -0.3 is 124 Å². The predicted octanol–water partition coefficient (Wildman–Crippen LogP) is -4.07. The van der Waals surface area contributed by atoms with Gasteiger partial charge in [0.1, 0.15) is 66.5 Å². The van der Waals surface area contributed by atoms with Crippen LogP contribution in [0.1, 0.15) is 124 Å². The Kier molecular flexibility index (Phi) is 38.7. The molecule has 0 aliphatic carbocycles. The fourth-order valence-corrected chi connectivity index (χ4v) is 12.4. The molecular formula is C73H113N25O15S2. The van der Waals surface area contributed by atoms with Gasteiger partial charge in [0, 0.05) is 80.0 Å². The smallest absolute Gasteiger partial charge is 0.326 e. The van der Waals surface area contributed by atoms with Crippen molar-refractivity contribution in [1.82, 2.24) is 84.7 Å². The van der Waals surface area contributed by atoms with Crippen molar-refractivity contribution in [2.75, 3.05) is 31.9 Å². The number of benzene rings is 3. The van der Waals surface area contributed by atoms with E-state index in [4.69, 9.17) is 50.3 Å². The van der Waals surface area contributed by atoms with E-state index in [1.54, 1.807) is 75.5 Å². The average molecular weight is 1650 g/mol. The Balaban J connectivity index is 1.82. The van der Waals surface area contributed by atoms with Gasteiger partial charge in [-0.1, -0.05) is 81.4 Å². The van der Waals surface area contributed by atoms with Gasteiger partial charge in [0.05, 0.1) is 6.10 Å². The number of hydrogen-bond donors (Lipinski definition) is 29. The van der Waals surface area contributed by atoms with Crippen LogP contribution in [0.25, 0.3) is 21.7 Å². The monoisotopic (exact) mass is 1640 g/mol. The molecule has 1 aromatic heterocycles. The lowest BCUT2D eigenvalue weighted by Crippen LogP contribution is -2.64. The standard InChI is InChI=1S/C73H113N25O15S2/c1-37(99)54(65(110)93-48(23-15-31-86-71(81)82)60(105)98-56(67(112)113)72(3,4)5)96-66(111)55(73(6,7)115)97-61(106)49(26-27-53(74)101)92-63(108)51(34-42-35-87-44-19-11-10-18-43(42)44)95-62(107)50(33-39-24-25-40-16-8-9-17-41(40)32-39)94-59(104)47(22-14-30-85-70(79)80)90-57(102)45(20-12-28-83-68(75)76)89-58(103)46(21-13-29-84-69(77)78)91-64(109)52(36-114)88-38(2)100/h8-11,16-19,24-25,32,35,37,45-52,54-56,87,99,114-115H,12-15,20-23,26-31,33-34,36H2,1-7H3,(H2,74,101)(H,88,100)(H,89,103)(H,90,102)(H,91,109)(H,92,108)(H,93,110)(H,94,104)(H,95,107)(H,96,111)(H,97,106)(H,98,105)(H,112,113)(H4,75,76,83)(H4,77,78,84)(H4,79,80,85)(H4,81,82,86)/t37-,45+,46+,47+,48+,49+,50+,51+,52+,54+,55-,56-/m1/s1. The number of primary amides is 1. The number of carboxylic acids is 1. The zero-order valence-electron chi connectivity index (χ0n) is 65.4. The molecular weight excluding hydrogens is 1530 g/mol. The lowest BCUT2D eigenvalue weighted by Gasteiger charge is -2.33. The molecule has 42 heteroatoms. The van der Waals surface area contributed by atoms with Crippen molar-refractivity contribution >= 4 is 148 Å². The Morgan fingerprint density at radius 2 is 0.843 bits per heavy atom. The van der Waals surface area contributed by atoms with Crippen LogP contribution < -0.4 is 108 Å². The van der Waals surface area contributed by atoms with Crippen LogP contribution in [-0.2, 0) is 75.2 Å². The molecule has 0 radical (unpaired) electrons. The molecule has 0 aliphatic rings. The maximum Gasteiger partial charge on any atom is 0.326 e. The number of H-pyrrole nitrogens is 1. The van der Waals surface area contributed by atoms with E-state index in [2.05, 4.69) is 110 Å². The van der Waals surface area contributed by atoms with Crippen molar-refractivity contribution < 1.29 is 72.5 Å². The van der Waals surface area contributed by atoms with E-state index in [9.17, 15) is 58.2 Å². The van der Waals surface area contributed by atoms with Crippen LogP contribution in [0.3, 0.4) is 0 Å². The Morgan fingerprint density at radius 3 is 1.25 bits per heavy atom. The van der Waals surface area contributed by atoms with Crippen molar-refractivity contribution in [2.45, 2.75) is 203 Å². The average Bonchev–Trinajstić information content (AvgIpc) is 1.80. The molecule has 0 unspecified atom stereocenters. The van der Waals surface area contributed by atoms with Crippen molar-refractivity contribution in [3.05, 3.63) is 84.1 Å². The molecule has 0 saturated heterocycles. The number of carboxylic acid groups (broad SMARTS) is 1. The third-order valence-corrected chi connectivity index (χ3v) is 18.6. The minimum Gasteiger partial charge on any atom is -0.480 e. The molecule has 40 nitrogen and oxygen atoms in total. The molecule has 0 saturated carbocycles. The Morgan fingerprint density at radius 1 is 0.461 bits per heavy atom. The molecule has 32 N–H and O–H groups in total. The minimum atomic E-state index is -1.89. The van der Waals surface area contributed by atoms with Crippen LogP contribution in [0, 0.1) is 27.1 Å². The molecule has 115 heavy (non-hydrogen) atoms. The number of aliphatic carboxylic acids is 1. The summed E-state index contributed by atoms with van der Waals surface area (Å²) in [5.74, 6) is -14.8. The number of aromatic nitrogens is 1. The van der Waals surface area contributed by atoms with Gasteiger partial charge in [0.15, 0.2) is 23.8 Å². The molecule has 0 spiro atoms. The number of aromatic amines is 1. The summed E-state index contributed by atoms with van der Waals surface area (Å²) in [4.78, 5) is 187. The summed E-state index contributed by atoms with van der Waals surface area (Å²) in [6, 6.07) is 2.01. The number of nitrogens with one attached hydrogen (secondary N) is 20. The van der Waals surface area contributed by atoms with Crippen LogP contribution >= 0.6 is 25.3 Å². The zero-order chi connectivity index (χ0) is 86.0. The van der Waals surface area contributed by atoms with Gasteiger partial charge in [0.2, 0.25) is 70.9 Å². The first-order chi connectivity index (χ1) is 54.0. The Bertz CT molecular complexity index is 4110. The van der Waals surface area contributed by atoms with Crippen LogP contribution in [0.2, 0.25) is 0 Å². The second-order valence-electron chi connectivity index (χ2n) is 29.2. The number of hydrogen-bond acceptors (Lipinski definition) is 20. The summed E-state index contributed by atoms with van der Waals surface area (Å²) in [7, 11) is 0. The van der Waals surface area contributed by atoms with E-state index in [1.807, 2.05) is 18.2 Å². The van der Waals surface area contributed by atoms with Crippen molar-refractivity contribution in [3.8, 4) is 0 Å². The largest absolute Gasteiger partial charge is 0.480 e. The third-order valence-electron chi connectivity index (χ3n) is 18.0. The predicted molar refractivity (Wildman–Crippen MR) is 437 cm³/mol. The first kappa shape index (κ1) is 95.7. The highest BCUT2D eigenvalue weighted by molar-refractivity contribution is 7.81. The number of guanidine groups is 4. The molecule has 12 atom stereocenters. The van der Waals surface area contributed by atoms with Gasteiger partial charge in [0.25, 0.3) is 0 Å². The summed E-state index contributed by atoms with van der Waals surface area (Å²) in [5, 5.41) is 92.6. The lowest BCUT2D eigenvalue weighted by atomic mass is 9.86. The molecule has 0 bridgehead atoms. The van der Waals surface area contributed by atoms with Gasteiger partial charge in [-0.25, -0.2) is 4.79 Å². The quantitative estimate of drug-likeness (QED) is 0.00866. The van der Waals surface area contributed by atoms with Gasteiger partial charge in [-0.2, -0.15) is 25.3 Å². The van der Waals surface area contributed by atoms with Gasteiger partial charge >= 0.3 is 5.97 Å². The number of aliphatic hydroxyl groups is 1. The number of nitrogens with two attached hydrogens (primary N) is 5. The number of para-hydroxylation sites is 1. The molecule has 632 valence electrons. The van der Waals surface area contributed by atoms with E-state index in [0.29, 0.717) is 22.0 Å². The highest BCUT2D eigenvalue weighted by Crippen LogP contribution is 2.24. The molecule has 0 fully saturated rings. The number of fused-ring (bicyclic) bond motifs is 2. The van der Waals surface area contributed by atoms with Gasteiger partial charge in [-0.05, 0) is 112 Å². The van der Waals surface area contributed by atoms with Crippen molar-refractivity contribution in [3.63, 3.8) is 0 Å². The molecule has 0 aliphatic heterocycles. The molecule has 4 rings (SSSR count). The van der Waals surface area contributed by atoms with Gasteiger partial charge in [-0.3, -0.25) is 79.2 Å². The van der Waals surface area contributed by atoms with E-state index >= 15 is 14.4 Å². The second-order valence-corrected chi connectivity index (χ2v) is 30.7. The zero-order valence-corrected chi connectivity index (χ0v) is 67.1. The second kappa shape index (κ2) is 46.5. The molecule has 12 amide bonds. The minimum absolute atomic E-state index is 0.0134. The molecule has 1 heterocycles. The number of rotatable bonds is 48. The fourth-order valence-electron chi connectivity index (χ4n) is 12.0. The lowest BCUT2D eigenvalue weighted by molar-refractivity contribution is -0.145. The summed E-state index contributed by atoms with van der Waals surface area (Å²) in [6.45, 7) is 9.90. The molecule has 4 aromatic rings. The normalized spacial score (nSPS) is 14.5. The first-order valence-corrected chi connectivity index (χ1v) is 38.2. The van der Waals surface area contributed by atoms with E-state index in [1.165, 1.54) is 20.8 Å². The number of carbonyl (C=O) groups excluding carboxylic acids is 12. The first-order valence-electron chi connectivity index (χ1n) is 37.2. The number of aliphatic hydroxyl groups excluding tert-OH is 1. The number of thiol groups is 2. The summed E-state index contributed by atoms with van der Waals surface area (Å²) in [5.41, 5.74) is 28.2. The highest BCUT2D eigenvalue weighted by Gasteiger charge is 2.42. The van der Waals surface area contributed by atoms with E-state index < -0.39 is 190 Å². The third kappa shape index (κ3) is 33.5. The van der Waals surface area contributed by atoms with Crippen LogP contribution in [-0.4, -0.2) is 225 Å². The van der Waals surface area contributed by atoms with E-state index in [0.717, 1.165) is 17.7 Å². The summed E-state index contributed by atoms with van der Waals surface area (Å²) in [6.07, 6.45) is -2.25. The number of amides is 12. The van der Waals surface area contributed by atoms with Crippen LogP contribution in [0.4, 0.5) is 0 Å². The van der Waals surface area contributed by atoms with Crippen molar-refractivity contribution in [1.29, 1.82) is 21.6 Å². The van der Waals surface area contributed by atoms with Gasteiger partial charge in [-0.15, -0.1) is 0 Å². The topological polar surface area (TPSA) is 684 Å². The maximum absolute atomic E-state index is 15.6. The Labute approximate surface area is 676 Å². The fraction of sp³-hybridized carbons (Fsp3) is 0.521. The maximum atomic E-state index is 15.6. The summed E-state index contributed by atoms with van der Waals surface area (Å²) < 4.78 is -1.58. The SMILES string of the molecule is CC(=O)N[C@@H](CS)C(=O)N[C@@H](CCCNC(=N)N)C(=O)N[C@@H](CCCNC(=N)N)C(=O)N[C@@H](CCCNC(=N)N)C(=O)N[C@@H](Cc1ccc2ccccc2c1)C(=O)N[C@@H](Cc1c[nH]c2ccccc12)C(=O)N[C@@H](CCC(N)=O)C(=O)N[C@H](C(=O)N[C@H](C(=O)N[C@@H](CCCNC(=N)N)C(=O)N[C@H](C(=O)O)C(C)(C)C)[C@@H](C)O)C(C)(C)S. The highest BCUT2D eigenvalue weighted by atomic mass is 32.1.